The van der Waals surface area contributed by atoms with Crippen molar-refractivity contribution in [3.05, 3.63) is 11.6 Å². The second-order valence-electron chi connectivity index (χ2n) is 7.09. The molecule has 2 N–H and O–H groups in total. The number of ether oxygens (including phenoxy) is 1. The third kappa shape index (κ3) is 8.73. The summed E-state index contributed by atoms with van der Waals surface area (Å²) in [5.41, 5.74) is 0. The molecule has 0 atom stereocenters. The van der Waals surface area contributed by atoms with Gasteiger partial charge in [0.05, 0.1) is 0 Å². The van der Waals surface area contributed by atoms with Crippen molar-refractivity contribution in [2.45, 2.75) is 51.6 Å². The van der Waals surface area contributed by atoms with Crippen LogP contribution in [-0.2, 0) is 18.3 Å². The van der Waals surface area contributed by atoms with E-state index in [4.69, 9.17) is 9.73 Å². The lowest BCUT2D eigenvalue weighted by molar-refractivity contribution is 0.180. The Morgan fingerprint density at radius 1 is 1.30 bits per heavy atom. The molecule has 1 aliphatic rings. The molecule has 1 aromatic rings. The summed E-state index contributed by atoms with van der Waals surface area (Å²) in [6, 6.07) is 0.530. The monoisotopic (exact) mass is 493 g/mol. The van der Waals surface area contributed by atoms with Gasteiger partial charge in [-0.25, -0.2) is 4.99 Å². The molecule has 1 aliphatic carbocycles. The molecule has 0 bridgehead atoms. The van der Waals surface area contributed by atoms with Gasteiger partial charge in [0.1, 0.15) is 12.4 Å². The predicted molar refractivity (Wildman–Crippen MR) is 120 cm³/mol. The number of aliphatic imine (C=N–C) groups is 1. The summed E-state index contributed by atoms with van der Waals surface area (Å²) in [5, 5.41) is 15.4. The van der Waals surface area contributed by atoms with Crippen molar-refractivity contribution in [3.8, 4) is 0 Å². The van der Waals surface area contributed by atoms with E-state index < -0.39 is 0 Å². The number of aryl methyl sites for hydroxylation is 1. The van der Waals surface area contributed by atoms with Crippen LogP contribution in [0.4, 0.5) is 0 Å². The van der Waals surface area contributed by atoms with Crippen LogP contribution in [0.2, 0.25) is 0 Å². The second-order valence-corrected chi connectivity index (χ2v) is 7.09. The van der Waals surface area contributed by atoms with Gasteiger partial charge in [0.15, 0.2) is 11.8 Å². The number of aromatic nitrogens is 3. The van der Waals surface area contributed by atoms with Crippen LogP contribution in [0.15, 0.2) is 4.99 Å². The lowest BCUT2D eigenvalue weighted by atomic mass is 10.2. The molecular formula is C18H36IN7O. The van der Waals surface area contributed by atoms with Crippen LogP contribution in [0.3, 0.4) is 0 Å². The molecule has 27 heavy (non-hydrogen) atoms. The van der Waals surface area contributed by atoms with Gasteiger partial charge in [-0.15, -0.1) is 34.2 Å². The standard InChI is InChI=1S/C18H35N7O.HI/c1-15-22-23-17(25(15)3)14-20-18(21-16-8-5-6-9-16)19-10-12-24(2)11-7-13-26-4;/h16H,5-14H2,1-4H3,(H2,19,20,21);1H. The van der Waals surface area contributed by atoms with E-state index in [2.05, 4.69) is 32.8 Å². The van der Waals surface area contributed by atoms with E-state index in [1.54, 1.807) is 7.11 Å². The Kier molecular flexibility index (Phi) is 11.8. The quantitative estimate of drug-likeness (QED) is 0.224. The van der Waals surface area contributed by atoms with Crippen molar-refractivity contribution in [2.24, 2.45) is 12.0 Å². The van der Waals surface area contributed by atoms with Gasteiger partial charge in [0.25, 0.3) is 0 Å². The fourth-order valence-electron chi connectivity index (χ4n) is 3.11. The maximum atomic E-state index is 5.11. The normalized spacial score (nSPS) is 15.2. The predicted octanol–water partition coefficient (Wildman–Crippen LogP) is 1.69. The average Bonchev–Trinajstić information content (AvgIpc) is 3.24. The number of guanidine groups is 1. The smallest absolute Gasteiger partial charge is 0.191 e. The zero-order valence-electron chi connectivity index (χ0n) is 17.2. The molecule has 0 spiro atoms. The van der Waals surface area contributed by atoms with Crippen LogP contribution in [0.5, 0.6) is 0 Å². The van der Waals surface area contributed by atoms with Crippen LogP contribution >= 0.6 is 24.0 Å². The minimum absolute atomic E-state index is 0. The molecule has 0 aliphatic heterocycles. The number of hydrogen-bond acceptors (Lipinski definition) is 5. The van der Waals surface area contributed by atoms with Crippen molar-refractivity contribution in [1.29, 1.82) is 0 Å². The van der Waals surface area contributed by atoms with Gasteiger partial charge >= 0.3 is 0 Å². The van der Waals surface area contributed by atoms with Crippen molar-refractivity contribution in [1.82, 2.24) is 30.3 Å². The van der Waals surface area contributed by atoms with Crippen molar-refractivity contribution >= 4 is 29.9 Å². The number of likely N-dealkylation sites (N-methyl/N-ethyl adjacent to an activating group) is 1. The van der Waals surface area contributed by atoms with Crippen LogP contribution in [0, 0.1) is 6.92 Å². The molecule has 0 radical (unpaired) electrons. The Balaban J connectivity index is 0.00000364. The first-order valence-corrected chi connectivity index (χ1v) is 9.67. The van der Waals surface area contributed by atoms with Crippen LogP contribution in [0.25, 0.3) is 0 Å². The summed E-state index contributed by atoms with van der Waals surface area (Å²) in [6.07, 6.45) is 6.10. The van der Waals surface area contributed by atoms with Crippen LogP contribution < -0.4 is 10.6 Å². The maximum Gasteiger partial charge on any atom is 0.191 e. The summed E-state index contributed by atoms with van der Waals surface area (Å²) >= 11 is 0. The zero-order chi connectivity index (χ0) is 18.8. The minimum atomic E-state index is 0. The number of halogens is 1. The average molecular weight is 493 g/mol. The summed E-state index contributed by atoms with van der Waals surface area (Å²) in [5.74, 6) is 2.67. The van der Waals surface area contributed by atoms with Crippen molar-refractivity contribution in [3.63, 3.8) is 0 Å². The van der Waals surface area contributed by atoms with E-state index in [0.717, 1.165) is 50.3 Å². The molecule has 0 unspecified atom stereocenters. The van der Waals surface area contributed by atoms with E-state index in [-0.39, 0.29) is 24.0 Å². The fraction of sp³-hybridized carbons (Fsp3) is 0.833. The molecule has 0 amide bonds. The number of rotatable bonds is 10. The first-order chi connectivity index (χ1) is 12.6. The van der Waals surface area contributed by atoms with E-state index >= 15 is 0 Å². The highest BCUT2D eigenvalue weighted by Gasteiger charge is 2.16. The Labute approximate surface area is 180 Å². The van der Waals surface area contributed by atoms with Gasteiger partial charge in [0, 0.05) is 46.4 Å². The lowest BCUT2D eigenvalue weighted by Gasteiger charge is -2.20. The van der Waals surface area contributed by atoms with Gasteiger partial charge in [-0.2, -0.15) is 0 Å². The lowest BCUT2D eigenvalue weighted by Crippen LogP contribution is -2.44. The molecule has 1 fully saturated rings. The second kappa shape index (κ2) is 13.3. The molecule has 156 valence electrons. The molecule has 2 rings (SSSR count). The van der Waals surface area contributed by atoms with Crippen molar-refractivity contribution in [2.75, 3.05) is 40.4 Å². The topological polar surface area (TPSA) is 79.6 Å². The largest absolute Gasteiger partial charge is 0.385 e. The van der Waals surface area contributed by atoms with Gasteiger partial charge in [-0.3, -0.25) is 0 Å². The van der Waals surface area contributed by atoms with E-state index in [0.29, 0.717) is 12.6 Å². The van der Waals surface area contributed by atoms with Gasteiger partial charge < -0.3 is 24.8 Å². The highest BCUT2D eigenvalue weighted by atomic mass is 127. The molecule has 1 heterocycles. The summed E-state index contributed by atoms with van der Waals surface area (Å²) in [6.45, 7) is 6.16. The van der Waals surface area contributed by atoms with E-state index in [9.17, 15) is 0 Å². The molecule has 1 aromatic heterocycles. The Morgan fingerprint density at radius 3 is 2.67 bits per heavy atom. The number of nitrogens with one attached hydrogen (secondary N) is 2. The number of methoxy groups -OCH3 is 1. The summed E-state index contributed by atoms with van der Waals surface area (Å²) in [7, 11) is 5.87. The van der Waals surface area contributed by atoms with E-state index in [1.807, 2.05) is 18.5 Å². The van der Waals surface area contributed by atoms with Crippen LogP contribution in [-0.4, -0.2) is 72.1 Å². The molecule has 1 saturated carbocycles. The first kappa shape index (κ1) is 24.1. The van der Waals surface area contributed by atoms with Gasteiger partial charge in [-0.1, -0.05) is 12.8 Å². The fourth-order valence-corrected chi connectivity index (χ4v) is 3.11. The molecule has 0 saturated heterocycles. The van der Waals surface area contributed by atoms with Gasteiger partial charge in [-0.05, 0) is 33.2 Å². The SMILES string of the molecule is COCCCN(C)CCNC(=NCc1nnc(C)n1C)NC1CCCC1.I. The minimum Gasteiger partial charge on any atom is -0.385 e. The third-order valence-electron chi connectivity index (χ3n) is 4.93. The molecule has 0 aromatic carbocycles. The molecule has 8 nitrogen and oxygen atoms in total. The Bertz CT molecular complexity index is 558. The maximum absolute atomic E-state index is 5.11. The Hall–Kier alpha value is -0.940. The zero-order valence-corrected chi connectivity index (χ0v) is 19.5. The van der Waals surface area contributed by atoms with Crippen molar-refractivity contribution < 1.29 is 4.74 Å². The number of nitrogens with zero attached hydrogens (tertiary/aromatic N) is 5. The van der Waals surface area contributed by atoms with E-state index in [1.165, 1.54) is 25.7 Å². The first-order valence-electron chi connectivity index (χ1n) is 9.67. The third-order valence-corrected chi connectivity index (χ3v) is 4.93. The Morgan fingerprint density at radius 2 is 2.04 bits per heavy atom. The number of hydrogen-bond donors (Lipinski definition) is 2. The molecule has 9 heteroatoms. The van der Waals surface area contributed by atoms with Crippen LogP contribution in [0.1, 0.15) is 43.8 Å². The summed E-state index contributed by atoms with van der Waals surface area (Å²) in [4.78, 5) is 7.05. The highest BCUT2D eigenvalue weighted by Crippen LogP contribution is 2.17. The highest BCUT2D eigenvalue weighted by molar-refractivity contribution is 14.0. The summed E-state index contributed by atoms with van der Waals surface area (Å²) < 4.78 is 7.10. The van der Waals surface area contributed by atoms with Gasteiger partial charge in [0.2, 0.25) is 0 Å². The molecular weight excluding hydrogens is 457 g/mol.